The van der Waals surface area contributed by atoms with Gasteiger partial charge in [-0.15, -0.1) is 0 Å². The molecule has 94 valence electrons. The van der Waals surface area contributed by atoms with Crippen LogP contribution in [0, 0.1) is 0 Å². The quantitative estimate of drug-likeness (QED) is 0.769. The smallest absolute Gasteiger partial charge is 0.305 e. The first-order valence-corrected chi connectivity index (χ1v) is 6.19. The molecule has 0 aromatic carbocycles. The first-order chi connectivity index (χ1) is 7.54. The van der Waals surface area contributed by atoms with Gasteiger partial charge < -0.3 is 10.0 Å². The van der Waals surface area contributed by atoms with Crippen LogP contribution in [0.4, 0.5) is 0 Å². The summed E-state index contributed by atoms with van der Waals surface area (Å²) in [6.45, 7) is 8.27. The molecule has 1 aliphatic heterocycles. The Hall–Kier alpha value is -0.610. The van der Waals surface area contributed by atoms with Crippen molar-refractivity contribution in [1.29, 1.82) is 0 Å². The number of piperazine rings is 1. The van der Waals surface area contributed by atoms with Crippen LogP contribution in [0.15, 0.2) is 0 Å². The van der Waals surface area contributed by atoms with Gasteiger partial charge in [-0.05, 0) is 19.9 Å². The average Bonchev–Trinajstić information content (AvgIpc) is 2.27. The molecule has 4 heteroatoms. The van der Waals surface area contributed by atoms with Crippen molar-refractivity contribution >= 4 is 5.97 Å². The summed E-state index contributed by atoms with van der Waals surface area (Å²) in [7, 11) is 2.12. The van der Waals surface area contributed by atoms with Crippen LogP contribution in [0.3, 0.4) is 0 Å². The molecule has 1 heterocycles. The molecule has 0 aromatic heterocycles. The molecule has 1 rings (SSSR count). The van der Waals surface area contributed by atoms with Gasteiger partial charge in [0, 0.05) is 31.7 Å². The fraction of sp³-hybridized carbons (Fsp3) is 0.917. The number of carboxylic acid groups (broad SMARTS) is 1. The van der Waals surface area contributed by atoms with E-state index in [0.29, 0.717) is 0 Å². The molecule has 16 heavy (non-hydrogen) atoms. The molecule has 0 atom stereocenters. The summed E-state index contributed by atoms with van der Waals surface area (Å²) >= 11 is 0. The Balaban J connectivity index is 2.71. The van der Waals surface area contributed by atoms with Gasteiger partial charge in [-0.3, -0.25) is 9.69 Å². The van der Waals surface area contributed by atoms with Gasteiger partial charge in [-0.2, -0.15) is 0 Å². The molecule has 4 nitrogen and oxygen atoms in total. The maximum absolute atomic E-state index is 11.0. The van der Waals surface area contributed by atoms with E-state index >= 15 is 0 Å². The number of hydrogen-bond donors (Lipinski definition) is 1. The van der Waals surface area contributed by atoms with E-state index in [-0.39, 0.29) is 12.0 Å². The van der Waals surface area contributed by atoms with Gasteiger partial charge in [-0.1, -0.05) is 13.8 Å². The number of hydrogen-bond acceptors (Lipinski definition) is 3. The van der Waals surface area contributed by atoms with Crippen LogP contribution < -0.4 is 0 Å². The summed E-state index contributed by atoms with van der Waals surface area (Å²) in [6.07, 6.45) is 2.10. The molecule has 0 aromatic rings. The van der Waals surface area contributed by atoms with Crippen molar-refractivity contribution < 1.29 is 9.90 Å². The van der Waals surface area contributed by atoms with Crippen LogP contribution in [0.2, 0.25) is 0 Å². The average molecular weight is 228 g/mol. The highest BCUT2D eigenvalue weighted by atomic mass is 16.4. The summed E-state index contributed by atoms with van der Waals surface area (Å²) in [5.41, 5.74) is -0.132. The van der Waals surface area contributed by atoms with E-state index in [1.54, 1.807) is 0 Å². The zero-order valence-corrected chi connectivity index (χ0v) is 10.7. The molecular weight excluding hydrogens is 204 g/mol. The second kappa shape index (κ2) is 5.64. The molecule has 0 radical (unpaired) electrons. The van der Waals surface area contributed by atoms with Crippen molar-refractivity contribution in [1.82, 2.24) is 9.80 Å². The number of rotatable bonds is 5. The predicted octanol–water partition coefficient (Wildman–Crippen LogP) is 1.27. The highest BCUT2D eigenvalue weighted by Crippen LogP contribution is 2.28. The lowest BCUT2D eigenvalue weighted by Gasteiger charge is -2.46. The largest absolute Gasteiger partial charge is 0.481 e. The highest BCUT2D eigenvalue weighted by molar-refractivity contribution is 5.68. The van der Waals surface area contributed by atoms with Crippen LogP contribution in [-0.4, -0.2) is 59.6 Å². The maximum atomic E-state index is 11.0. The monoisotopic (exact) mass is 228 g/mol. The maximum Gasteiger partial charge on any atom is 0.305 e. The zero-order valence-electron chi connectivity index (χ0n) is 10.7. The fourth-order valence-electron chi connectivity index (χ4n) is 2.62. The van der Waals surface area contributed by atoms with E-state index in [2.05, 4.69) is 30.7 Å². The van der Waals surface area contributed by atoms with E-state index in [1.807, 2.05) is 0 Å². The summed E-state index contributed by atoms with van der Waals surface area (Å²) in [5.74, 6) is -0.678. The van der Waals surface area contributed by atoms with E-state index in [9.17, 15) is 4.79 Å². The van der Waals surface area contributed by atoms with Crippen molar-refractivity contribution in [3.63, 3.8) is 0 Å². The predicted molar refractivity (Wildman–Crippen MR) is 64.6 cm³/mol. The van der Waals surface area contributed by atoms with Gasteiger partial charge in [0.2, 0.25) is 0 Å². The summed E-state index contributed by atoms with van der Waals surface area (Å²) in [6, 6.07) is 0. The number of likely N-dealkylation sites (N-methyl/N-ethyl adjacent to an activating group) is 1. The van der Waals surface area contributed by atoms with Gasteiger partial charge in [0.05, 0.1) is 6.42 Å². The van der Waals surface area contributed by atoms with Crippen LogP contribution in [0.25, 0.3) is 0 Å². The molecule has 1 N–H and O–H groups in total. The minimum absolute atomic E-state index is 0.132. The topological polar surface area (TPSA) is 43.8 Å². The molecule has 0 spiro atoms. The van der Waals surface area contributed by atoms with E-state index in [4.69, 9.17) is 5.11 Å². The summed E-state index contributed by atoms with van der Waals surface area (Å²) in [4.78, 5) is 15.7. The number of nitrogens with zero attached hydrogens (tertiary/aromatic N) is 2. The third kappa shape index (κ3) is 2.95. The fourth-order valence-corrected chi connectivity index (χ4v) is 2.62. The van der Waals surface area contributed by atoms with Crippen molar-refractivity contribution in [2.45, 2.75) is 38.6 Å². The summed E-state index contributed by atoms with van der Waals surface area (Å²) in [5, 5.41) is 9.06. The first-order valence-electron chi connectivity index (χ1n) is 6.19. The molecule has 1 aliphatic rings. The minimum Gasteiger partial charge on any atom is -0.481 e. The van der Waals surface area contributed by atoms with Crippen LogP contribution >= 0.6 is 0 Å². The SMILES string of the molecule is CCC(CC)(CC(=O)O)N1CCN(C)CC1. The normalized spacial score (nSPS) is 19.9. The molecule has 0 amide bonds. The van der Waals surface area contributed by atoms with Crippen LogP contribution in [0.5, 0.6) is 0 Å². The molecule has 0 unspecified atom stereocenters. The first kappa shape index (κ1) is 13.5. The Bertz CT molecular complexity index is 231. The van der Waals surface area contributed by atoms with Crippen molar-refractivity contribution in [2.75, 3.05) is 33.2 Å². The molecule has 0 saturated carbocycles. The lowest BCUT2D eigenvalue weighted by molar-refractivity contribution is -0.141. The lowest BCUT2D eigenvalue weighted by atomic mass is 9.86. The zero-order chi connectivity index (χ0) is 12.2. The Morgan fingerprint density at radius 3 is 2.06 bits per heavy atom. The number of aliphatic carboxylic acids is 1. The van der Waals surface area contributed by atoms with Crippen LogP contribution in [0.1, 0.15) is 33.1 Å². The second-order valence-corrected chi connectivity index (χ2v) is 4.79. The van der Waals surface area contributed by atoms with Gasteiger partial charge in [0.15, 0.2) is 0 Å². The standard InChI is InChI=1S/C12H24N2O2/c1-4-12(5-2,10-11(15)16)14-8-6-13(3)7-9-14/h4-10H2,1-3H3,(H,15,16). The number of carbonyl (C=O) groups is 1. The Morgan fingerprint density at radius 1 is 1.19 bits per heavy atom. The Kier molecular flexibility index (Phi) is 4.74. The van der Waals surface area contributed by atoms with E-state index < -0.39 is 5.97 Å². The van der Waals surface area contributed by atoms with Crippen LogP contribution in [-0.2, 0) is 4.79 Å². The second-order valence-electron chi connectivity index (χ2n) is 4.79. The molecular formula is C12H24N2O2. The molecule has 1 fully saturated rings. The summed E-state index contributed by atoms with van der Waals surface area (Å²) < 4.78 is 0. The molecule has 0 aliphatic carbocycles. The molecule has 1 saturated heterocycles. The van der Waals surface area contributed by atoms with Crippen molar-refractivity contribution in [3.05, 3.63) is 0 Å². The Labute approximate surface area is 98.2 Å². The minimum atomic E-state index is -0.678. The van der Waals surface area contributed by atoms with E-state index in [1.165, 1.54) is 0 Å². The van der Waals surface area contributed by atoms with Gasteiger partial charge in [-0.25, -0.2) is 0 Å². The Morgan fingerprint density at radius 2 is 1.69 bits per heavy atom. The number of carboxylic acids is 1. The third-order valence-corrected chi connectivity index (χ3v) is 3.97. The lowest BCUT2D eigenvalue weighted by Crippen LogP contribution is -2.56. The van der Waals surface area contributed by atoms with E-state index in [0.717, 1.165) is 39.0 Å². The molecule has 0 bridgehead atoms. The van der Waals surface area contributed by atoms with Gasteiger partial charge >= 0.3 is 5.97 Å². The highest BCUT2D eigenvalue weighted by Gasteiger charge is 2.36. The van der Waals surface area contributed by atoms with Crippen molar-refractivity contribution in [2.24, 2.45) is 0 Å². The van der Waals surface area contributed by atoms with Gasteiger partial charge in [0.25, 0.3) is 0 Å². The van der Waals surface area contributed by atoms with Crippen molar-refractivity contribution in [3.8, 4) is 0 Å². The third-order valence-electron chi connectivity index (χ3n) is 3.97. The van der Waals surface area contributed by atoms with Gasteiger partial charge in [0.1, 0.15) is 0 Å².